The first-order valence-corrected chi connectivity index (χ1v) is 14.9. The number of nitrogens with zero attached hydrogens (tertiary/aromatic N) is 2. The molecular formula is C33H41F5N2. The van der Waals surface area contributed by atoms with Crippen LogP contribution in [0.25, 0.3) is 16.8 Å². The number of halogens is 5. The van der Waals surface area contributed by atoms with Gasteiger partial charge in [0.25, 0.3) is 0 Å². The zero-order valence-corrected chi connectivity index (χ0v) is 23.5. The number of benzene rings is 2. The Hall–Kier alpha value is -2.41. The van der Waals surface area contributed by atoms with Gasteiger partial charge in [0.1, 0.15) is 11.6 Å². The molecule has 0 N–H and O–H groups in total. The minimum absolute atomic E-state index is 0.128. The van der Waals surface area contributed by atoms with E-state index >= 15 is 8.78 Å². The number of likely N-dealkylation sites (tertiary alicyclic amines) is 2. The van der Waals surface area contributed by atoms with Crippen LogP contribution in [0.1, 0.15) is 69.4 Å². The second kappa shape index (κ2) is 11.8. The molecule has 1 saturated carbocycles. The van der Waals surface area contributed by atoms with Crippen molar-refractivity contribution in [3.05, 3.63) is 65.7 Å². The fraction of sp³-hybridized carbons (Fsp3) is 0.576. The van der Waals surface area contributed by atoms with Crippen LogP contribution >= 0.6 is 0 Å². The molecule has 218 valence electrons. The Kier molecular flexibility index (Phi) is 8.61. The van der Waals surface area contributed by atoms with Crippen molar-refractivity contribution in [3.8, 4) is 11.1 Å². The molecule has 2 aliphatic heterocycles. The lowest BCUT2D eigenvalue weighted by molar-refractivity contribution is -0.256. The van der Waals surface area contributed by atoms with Crippen molar-refractivity contribution in [1.29, 1.82) is 0 Å². The average molecular weight is 561 g/mol. The lowest BCUT2D eigenvalue weighted by atomic mass is 9.67. The van der Waals surface area contributed by atoms with Crippen LogP contribution in [0.5, 0.6) is 0 Å². The van der Waals surface area contributed by atoms with Crippen molar-refractivity contribution in [2.45, 2.75) is 70.9 Å². The van der Waals surface area contributed by atoms with Crippen LogP contribution < -0.4 is 0 Å². The molecule has 1 unspecified atom stereocenters. The molecule has 2 aromatic carbocycles. The van der Waals surface area contributed by atoms with Crippen molar-refractivity contribution >= 4 is 5.70 Å². The normalized spacial score (nSPS) is 22.2. The summed E-state index contributed by atoms with van der Waals surface area (Å²) in [6.45, 7) is 9.59. The largest absolute Gasteiger partial charge is 0.395 e. The predicted octanol–water partition coefficient (Wildman–Crippen LogP) is 8.71. The van der Waals surface area contributed by atoms with Gasteiger partial charge in [0, 0.05) is 36.5 Å². The Morgan fingerprint density at radius 2 is 1.70 bits per heavy atom. The van der Waals surface area contributed by atoms with Crippen molar-refractivity contribution in [1.82, 2.24) is 9.80 Å². The zero-order valence-electron chi connectivity index (χ0n) is 23.5. The number of aryl methyl sites for hydroxylation is 1. The molecule has 7 heteroatoms. The van der Waals surface area contributed by atoms with Gasteiger partial charge in [-0.1, -0.05) is 38.1 Å². The van der Waals surface area contributed by atoms with E-state index in [4.69, 9.17) is 0 Å². The summed E-state index contributed by atoms with van der Waals surface area (Å²) in [4.78, 5) is 4.13. The Balaban J connectivity index is 1.14. The number of hydrogen-bond donors (Lipinski definition) is 0. The number of rotatable bonds is 8. The van der Waals surface area contributed by atoms with Gasteiger partial charge in [-0.2, -0.15) is 13.2 Å². The van der Waals surface area contributed by atoms with E-state index < -0.39 is 17.4 Å². The Bertz CT molecular complexity index is 1190. The first-order valence-electron chi connectivity index (χ1n) is 14.9. The molecule has 0 amide bonds. The fourth-order valence-corrected chi connectivity index (χ4v) is 6.84. The van der Waals surface area contributed by atoms with Gasteiger partial charge in [-0.05, 0) is 106 Å². The lowest BCUT2D eigenvalue weighted by Gasteiger charge is -2.47. The molecule has 2 saturated heterocycles. The summed E-state index contributed by atoms with van der Waals surface area (Å²) in [5, 5.41) is 0. The van der Waals surface area contributed by atoms with Crippen molar-refractivity contribution < 1.29 is 22.0 Å². The van der Waals surface area contributed by atoms with E-state index in [1.807, 2.05) is 11.0 Å². The summed E-state index contributed by atoms with van der Waals surface area (Å²) in [5.74, 6) is 0.214. The highest BCUT2D eigenvalue weighted by atomic mass is 19.4. The maximum absolute atomic E-state index is 15.1. The van der Waals surface area contributed by atoms with Gasteiger partial charge in [0.2, 0.25) is 0 Å². The van der Waals surface area contributed by atoms with Crippen LogP contribution in [-0.2, 0) is 6.42 Å². The van der Waals surface area contributed by atoms with E-state index in [-0.39, 0.29) is 25.2 Å². The first-order chi connectivity index (χ1) is 19.0. The number of piperidine rings is 2. The quantitative estimate of drug-likeness (QED) is 0.298. The molecule has 1 aliphatic carbocycles. The third-order valence-corrected chi connectivity index (χ3v) is 9.65. The maximum atomic E-state index is 15.1. The first kappa shape index (κ1) is 29.1. The highest BCUT2D eigenvalue weighted by Crippen LogP contribution is 2.53. The summed E-state index contributed by atoms with van der Waals surface area (Å²) in [5.41, 5.74) is 1.40. The van der Waals surface area contributed by atoms with Crippen molar-refractivity contribution in [2.75, 3.05) is 32.7 Å². The Morgan fingerprint density at radius 1 is 0.950 bits per heavy atom. The molecule has 0 spiro atoms. The standard InChI is InChI=1S/C33H41F5N2/c1-23-5-3-16-40(21-23)24(2)28-11-9-27(20-31(28)35)29-10-8-26(19-30(29)34)7-6-25-12-17-39(18-13-25)22-32(14-4-15-32)33(36,37)38/h8-11,19-20,23,25H,2-7,12-18,21-22H2,1H3. The second-order valence-corrected chi connectivity index (χ2v) is 12.5. The molecular weight excluding hydrogens is 519 g/mol. The molecule has 3 fully saturated rings. The van der Waals surface area contributed by atoms with Gasteiger partial charge in [0.15, 0.2) is 0 Å². The van der Waals surface area contributed by atoms with Crippen LogP contribution in [0.2, 0.25) is 0 Å². The van der Waals surface area contributed by atoms with Crippen LogP contribution in [0.3, 0.4) is 0 Å². The van der Waals surface area contributed by atoms with E-state index in [1.165, 1.54) is 18.6 Å². The van der Waals surface area contributed by atoms with Crippen molar-refractivity contribution in [3.63, 3.8) is 0 Å². The minimum Gasteiger partial charge on any atom is -0.371 e. The molecule has 40 heavy (non-hydrogen) atoms. The van der Waals surface area contributed by atoms with E-state index in [9.17, 15) is 13.2 Å². The van der Waals surface area contributed by atoms with Crippen LogP contribution in [0, 0.1) is 28.9 Å². The van der Waals surface area contributed by atoms with E-state index in [1.54, 1.807) is 18.2 Å². The summed E-state index contributed by atoms with van der Waals surface area (Å²) >= 11 is 0. The fourth-order valence-electron chi connectivity index (χ4n) is 6.84. The zero-order chi connectivity index (χ0) is 28.5. The SMILES string of the molecule is C=C(c1ccc(-c2ccc(CCC3CCN(CC4(C(F)(F)F)CCC4)CC3)cc2F)cc1F)N1CCCC(C)C1. The van der Waals surface area contributed by atoms with Crippen LogP contribution in [0.4, 0.5) is 22.0 Å². The van der Waals surface area contributed by atoms with Crippen molar-refractivity contribution in [2.24, 2.45) is 17.3 Å². The summed E-state index contributed by atoms with van der Waals surface area (Å²) in [6.07, 6.45) is 2.65. The van der Waals surface area contributed by atoms with Crippen LogP contribution in [-0.4, -0.2) is 48.7 Å². The summed E-state index contributed by atoms with van der Waals surface area (Å²) < 4.78 is 70.8. The molecule has 5 rings (SSSR count). The third-order valence-electron chi connectivity index (χ3n) is 9.65. The molecule has 2 nitrogen and oxygen atoms in total. The minimum atomic E-state index is -4.12. The Morgan fingerprint density at radius 3 is 2.30 bits per heavy atom. The Labute approximate surface area is 235 Å². The van der Waals surface area contributed by atoms with Gasteiger partial charge >= 0.3 is 6.18 Å². The molecule has 2 aromatic rings. The van der Waals surface area contributed by atoms with Gasteiger partial charge in [-0.15, -0.1) is 0 Å². The second-order valence-electron chi connectivity index (χ2n) is 12.5. The monoisotopic (exact) mass is 560 g/mol. The molecule has 3 aliphatic rings. The topological polar surface area (TPSA) is 6.48 Å². The van der Waals surface area contributed by atoms with Gasteiger partial charge < -0.3 is 9.80 Å². The maximum Gasteiger partial charge on any atom is 0.395 e. The van der Waals surface area contributed by atoms with E-state index in [0.29, 0.717) is 53.7 Å². The molecule has 0 radical (unpaired) electrons. The molecule has 0 bridgehead atoms. The summed E-state index contributed by atoms with van der Waals surface area (Å²) in [6, 6.07) is 10.0. The van der Waals surface area contributed by atoms with Crippen LogP contribution in [0.15, 0.2) is 43.0 Å². The molecule has 0 aromatic heterocycles. The highest BCUT2D eigenvalue weighted by Gasteiger charge is 2.58. The van der Waals surface area contributed by atoms with Gasteiger partial charge in [0.05, 0.1) is 5.41 Å². The number of hydrogen-bond acceptors (Lipinski definition) is 2. The van der Waals surface area contributed by atoms with Gasteiger partial charge in [-0.3, -0.25) is 0 Å². The highest BCUT2D eigenvalue weighted by molar-refractivity contribution is 5.70. The van der Waals surface area contributed by atoms with E-state index in [0.717, 1.165) is 50.8 Å². The molecule has 1 atom stereocenters. The third kappa shape index (κ3) is 6.24. The summed E-state index contributed by atoms with van der Waals surface area (Å²) in [7, 11) is 0. The average Bonchev–Trinajstić information content (AvgIpc) is 2.89. The number of alkyl halides is 3. The predicted molar refractivity (Wildman–Crippen MR) is 151 cm³/mol. The van der Waals surface area contributed by atoms with Gasteiger partial charge in [-0.25, -0.2) is 8.78 Å². The van der Waals surface area contributed by atoms with E-state index in [2.05, 4.69) is 18.4 Å². The molecule has 2 heterocycles. The smallest absolute Gasteiger partial charge is 0.371 e. The lowest BCUT2D eigenvalue weighted by Crippen LogP contribution is -2.53.